The molecule has 1 aliphatic heterocycles. The summed E-state index contributed by atoms with van der Waals surface area (Å²) < 4.78 is 26.9. The second-order valence-corrected chi connectivity index (χ2v) is 10.5. The third-order valence-corrected chi connectivity index (χ3v) is 7.12. The Balaban J connectivity index is 1.52. The van der Waals surface area contributed by atoms with Crippen molar-refractivity contribution in [1.29, 1.82) is 0 Å². The molecule has 1 heterocycles. The Bertz CT molecular complexity index is 970. The fraction of sp³-hybridized carbons (Fsp3) is 0.458. The summed E-state index contributed by atoms with van der Waals surface area (Å²) in [6, 6.07) is 14.1. The molecule has 0 aromatic heterocycles. The summed E-state index contributed by atoms with van der Waals surface area (Å²) in [6.45, 7) is 9.56. The van der Waals surface area contributed by atoms with Crippen molar-refractivity contribution in [3.8, 4) is 0 Å². The van der Waals surface area contributed by atoms with Gasteiger partial charge in [0.15, 0.2) is 0 Å². The predicted molar refractivity (Wildman–Crippen MR) is 123 cm³/mol. The van der Waals surface area contributed by atoms with E-state index in [-0.39, 0.29) is 16.8 Å². The second kappa shape index (κ2) is 10.4. The molecule has 0 radical (unpaired) electrons. The van der Waals surface area contributed by atoms with Crippen LogP contribution in [0.4, 0.5) is 0 Å². The topological polar surface area (TPSA) is 78.5 Å². The number of carbonyl (C=O) groups is 1. The van der Waals surface area contributed by atoms with Gasteiger partial charge in [-0.3, -0.25) is 9.69 Å². The van der Waals surface area contributed by atoms with Crippen LogP contribution in [0.2, 0.25) is 0 Å². The molecule has 2 N–H and O–H groups in total. The van der Waals surface area contributed by atoms with Crippen molar-refractivity contribution >= 4 is 15.9 Å². The van der Waals surface area contributed by atoms with Crippen molar-refractivity contribution in [1.82, 2.24) is 14.9 Å². The van der Waals surface area contributed by atoms with Crippen molar-refractivity contribution in [3.63, 3.8) is 0 Å². The van der Waals surface area contributed by atoms with Gasteiger partial charge in [0.25, 0.3) is 5.91 Å². The molecule has 0 bridgehead atoms. The third-order valence-electron chi connectivity index (χ3n) is 5.44. The Labute approximate surface area is 186 Å². The number of sulfonamides is 1. The number of likely N-dealkylation sites (tertiary alicyclic amines) is 1. The Kier molecular flexibility index (Phi) is 7.86. The highest BCUT2D eigenvalue weighted by molar-refractivity contribution is 7.89. The molecule has 1 aliphatic rings. The summed E-state index contributed by atoms with van der Waals surface area (Å²) in [5.41, 5.74) is 2.75. The zero-order valence-corrected chi connectivity index (χ0v) is 19.4. The number of rotatable bonds is 8. The fourth-order valence-corrected chi connectivity index (χ4v) is 5.15. The van der Waals surface area contributed by atoms with E-state index < -0.39 is 10.0 Å². The van der Waals surface area contributed by atoms with E-state index in [0.29, 0.717) is 12.1 Å². The fourth-order valence-electron chi connectivity index (χ4n) is 3.90. The van der Waals surface area contributed by atoms with Crippen LogP contribution in [0.1, 0.15) is 55.1 Å². The van der Waals surface area contributed by atoms with E-state index in [4.69, 9.17) is 0 Å². The summed E-state index contributed by atoms with van der Waals surface area (Å²) in [7, 11) is -3.56. The minimum absolute atomic E-state index is 0.149. The van der Waals surface area contributed by atoms with Crippen molar-refractivity contribution in [2.24, 2.45) is 5.92 Å². The van der Waals surface area contributed by atoms with E-state index in [1.165, 1.54) is 42.7 Å². The predicted octanol–water partition coefficient (Wildman–Crippen LogP) is 3.54. The molecule has 6 nitrogen and oxygen atoms in total. The number of nitrogens with one attached hydrogen (secondary N) is 2. The van der Waals surface area contributed by atoms with Gasteiger partial charge in [0.05, 0.1) is 4.90 Å². The highest BCUT2D eigenvalue weighted by atomic mass is 32.2. The van der Waals surface area contributed by atoms with Gasteiger partial charge in [0.1, 0.15) is 0 Å². The Morgan fingerprint density at radius 3 is 2.32 bits per heavy atom. The molecule has 0 aliphatic carbocycles. The quantitative estimate of drug-likeness (QED) is 0.654. The lowest BCUT2D eigenvalue weighted by Crippen LogP contribution is -2.33. The zero-order valence-electron chi connectivity index (χ0n) is 18.6. The summed E-state index contributed by atoms with van der Waals surface area (Å²) in [5, 5.41) is 2.90. The van der Waals surface area contributed by atoms with Crippen molar-refractivity contribution < 1.29 is 13.2 Å². The van der Waals surface area contributed by atoms with Crippen molar-refractivity contribution in [3.05, 3.63) is 65.2 Å². The molecule has 31 heavy (non-hydrogen) atoms. The highest BCUT2D eigenvalue weighted by Crippen LogP contribution is 2.18. The van der Waals surface area contributed by atoms with Crippen LogP contribution < -0.4 is 10.0 Å². The van der Waals surface area contributed by atoms with Crippen LogP contribution in [-0.4, -0.2) is 38.4 Å². The van der Waals surface area contributed by atoms with E-state index in [1.54, 1.807) is 13.8 Å². The average Bonchev–Trinajstić information content (AvgIpc) is 2.72. The maximum absolute atomic E-state index is 12.4. The van der Waals surface area contributed by atoms with Crippen LogP contribution in [0, 0.1) is 5.92 Å². The summed E-state index contributed by atoms with van der Waals surface area (Å²) in [4.78, 5) is 15.1. The molecule has 1 amide bonds. The normalized spacial score (nSPS) is 17.6. The number of amides is 1. The van der Waals surface area contributed by atoms with Gasteiger partial charge in [-0.25, -0.2) is 13.1 Å². The Morgan fingerprint density at radius 2 is 1.71 bits per heavy atom. The molecule has 1 atom stereocenters. The lowest BCUT2D eigenvalue weighted by atomic mass is 9.99. The van der Waals surface area contributed by atoms with E-state index in [0.717, 1.165) is 31.1 Å². The van der Waals surface area contributed by atoms with Gasteiger partial charge in [-0.2, -0.15) is 0 Å². The lowest BCUT2D eigenvalue weighted by molar-refractivity contribution is 0.0951. The van der Waals surface area contributed by atoms with Crippen molar-refractivity contribution in [2.45, 2.75) is 57.6 Å². The maximum atomic E-state index is 12.4. The average molecular weight is 444 g/mol. The smallest absolute Gasteiger partial charge is 0.251 e. The first kappa shape index (κ1) is 23.4. The van der Waals surface area contributed by atoms with Gasteiger partial charge in [-0.1, -0.05) is 31.2 Å². The summed E-state index contributed by atoms with van der Waals surface area (Å²) >= 11 is 0. The van der Waals surface area contributed by atoms with Crippen LogP contribution in [0.25, 0.3) is 0 Å². The monoisotopic (exact) mass is 443 g/mol. The molecule has 2 aromatic carbocycles. The standard InChI is InChI=1S/C24H33N3O3S/c1-18(2)26-31(29,30)23-12-10-22(11-13-23)24(28)25-15-20-6-8-21(9-7-20)17-27-14-4-5-19(3)16-27/h6-13,18-19,26H,4-5,14-17H2,1-3H3,(H,25,28). The first-order valence-electron chi connectivity index (χ1n) is 10.9. The highest BCUT2D eigenvalue weighted by Gasteiger charge is 2.17. The molecular formula is C24H33N3O3S. The molecule has 7 heteroatoms. The number of hydrogen-bond acceptors (Lipinski definition) is 4. The van der Waals surface area contributed by atoms with E-state index >= 15 is 0 Å². The van der Waals surface area contributed by atoms with Crippen LogP contribution >= 0.6 is 0 Å². The van der Waals surface area contributed by atoms with Crippen LogP contribution in [0.3, 0.4) is 0 Å². The molecule has 1 unspecified atom stereocenters. The first-order chi connectivity index (χ1) is 14.7. The van der Waals surface area contributed by atoms with Gasteiger partial charge in [0, 0.05) is 31.2 Å². The molecule has 0 saturated carbocycles. The summed E-state index contributed by atoms with van der Waals surface area (Å²) in [6.07, 6.45) is 2.59. The van der Waals surface area contributed by atoms with E-state index in [2.05, 4.69) is 46.1 Å². The van der Waals surface area contributed by atoms with Crippen LogP contribution in [-0.2, 0) is 23.1 Å². The van der Waals surface area contributed by atoms with Crippen molar-refractivity contribution in [2.75, 3.05) is 13.1 Å². The molecule has 0 spiro atoms. The largest absolute Gasteiger partial charge is 0.348 e. The Morgan fingerprint density at radius 1 is 1.06 bits per heavy atom. The summed E-state index contributed by atoms with van der Waals surface area (Å²) in [5.74, 6) is 0.538. The third kappa shape index (κ3) is 6.89. The number of carbonyl (C=O) groups excluding carboxylic acids is 1. The molecule has 1 fully saturated rings. The van der Waals surface area contributed by atoms with Crippen LogP contribution in [0.5, 0.6) is 0 Å². The van der Waals surface area contributed by atoms with Gasteiger partial charge in [-0.05, 0) is 74.5 Å². The molecule has 1 saturated heterocycles. The number of nitrogens with zero attached hydrogens (tertiary/aromatic N) is 1. The number of benzene rings is 2. The molecular weight excluding hydrogens is 410 g/mol. The minimum Gasteiger partial charge on any atom is -0.348 e. The molecule has 168 valence electrons. The van der Waals surface area contributed by atoms with Gasteiger partial charge in [0.2, 0.25) is 10.0 Å². The molecule has 2 aromatic rings. The van der Waals surface area contributed by atoms with Gasteiger partial charge < -0.3 is 5.32 Å². The maximum Gasteiger partial charge on any atom is 0.251 e. The zero-order chi connectivity index (χ0) is 22.4. The van der Waals surface area contributed by atoms with E-state index in [9.17, 15) is 13.2 Å². The first-order valence-corrected chi connectivity index (χ1v) is 12.4. The lowest BCUT2D eigenvalue weighted by Gasteiger charge is -2.30. The minimum atomic E-state index is -3.56. The number of piperidine rings is 1. The Hall–Kier alpha value is -2.22. The van der Waals surface area contributed by atoms with E-state index in [1.807, 2.05) is 0 Å². The molecule has 3 rings (SSSR count). The second-order valence-electron chi connectivity index (χ2n) is 8.78. The SMILES string of the molecule is CC1CCCN(Cc2ccc(CNC(=O)c3ccc(S(=O)(=O)NC(C)C)cc3)cc2)C1. The van der Waals surface area contributed by atoms with Gasteiger partial charge >= 0.3 is 0 Å². The number of hydrogen-bond donors (Lipinski definition) is 2. The van der Waals surface area contributed by atoms with Gasteiger partial charge in [-0.15, -0.1) is 0 Å². The van der Waals surface area contributed by atoms with Crippen LogP contribution in [0.15, 0.2) is 53.4 Å².